The molecule has 0 radical (unpaired) electrons. The maximum absolute atomic E-state index is 12.5. The highest BCUT2D eigenvalue weighted by Gasteiger charge is 2.42. The Kier molecular flexibility index (Phi) is 5.45. The minimum atomic E-state index is -0.987. The van der Waals surface area contributed by atoms with E-state index in [9.17, 15) is 14.7 Å². The van der Waals surface area contributed by atoms with Gasteiger partial charge in [0.15, 0.2) is 0 Å². The minimum Gasteiger partial charge on any atom is -0.385 e. The fourth-order valence-electron chi connectivity index (χ4n) is 4.22. The Morgan fingerprint density at radius 1 is 1.33 bits per heavy atom. The van der Waals surface area contributed by atoms with Crippen LogP contribution in [0.1, 0.15) is 58.3 Å². The Balaban J connectivity index is 1.52. The van der Waals surface area contributed by atoms with Crippen molar-refractivity contribution in [3.8, 4) is 0 Å². The van der Waals surface area contributed by atoms with E-state index in [1.165, 1.54) is 25.7 Å². The highest BCUT2D eigenvalue weighted by atomic mass is 16.5. The largest absolute Gasteiger partial charge is 0.385 e. The number of rotatable bonds is 4. The summed E-state index contributed by atoms with van der Waals surface area (Å²) < 4.78 is 5.39. The molecule has 1 aliphatic carbocycles. The second kappa shape index (κ2) is 7.40. The van der Waals surface area contributed by atoms with E-state index in [1.54, 1.807) is 0 Å². The number of carbonyl (C=O) groups excluding carboxylic acids is 2. The number of hydrogen-bond donors (Lipinski definition) is 2. The summed E-state index contributed by atoms with van der Waals surface area (Å²) in [6.45, 7) is 3.07. The molecule has 3 aliphatic rings. The van der Waals surface area contributed by atoms with Crippen LogP contribution in [-0.2, 0) is 14.3 Å². The third-order valence-electron chi connectivity index (χ3n) is 6.02. The number of ether oxygens (including phenoxy) is 1. The smallest absolute Gasteiger partial charge is 0.225 e. The lowest BCUT2D eigenvalue weighted by molar-refractivity contribution is -0.130. The number of nitrogens with one attached hydrogen (secondary N) is 1. The van der Waals surface area contributed by atoms with Gasteiger partial charge in [-0.05, 0) is 19.8 Å². The molecule has 2 heterocycles. The number of aliphatic hydroxyl groups is 1. The quantitative estimate of drug-likeness (QED) is 0.755. The van der Waals surface area contributed by atoms with Crippen molar-refractivity contribution in [2.45, 2.75) is 76.0 Å². The highest BCUT2D eigenvalue weighted by Crippen LogP contribution is 2.29. The third kappa shape index (κ3) is 3.75. The average molecular weight is 338 g/mol. The lowest BCUT2D eigenvalue weighted by atomic mass is 9.96. The molecule has 3 atom stereocenters. The summed E-state index contributed by atoms with van der Waals surface area (Å²) in [4.78, 5) is 26.7. The first kappa shape index (κ1) is 17.7. The van der Waals surface area contributed by atoms with Crippen LogP contribution in [0.15, 0.2) is 0 Å². The van der Waals surface area contributed by atoms with E-state index >= 15 is 0 Å². The van der Waals surface area contributed by atoms with E-state index in [-0.39, 0.29) is 30.4 Å². The van der Waals surface area contributed by atoms with Gasteiger partial charge in [-0.15, -0.1) is 0 Å². The van der Waals surface area contributed by atoms with Crippen molar-refractivity contribution in [2.75, 3.05) is 19.7 Å². The van der Waals surface area contributed by atoms with Crippen molar-refractivity contribution in [3.05, 3.63) is 0 Å². The van der Waals surface area contributed by atoms with Crippen LogP contribution in [0.2, 0.25) is 0 Å². The van der Waals surface area contributed by atoms with Gasteiger partial charge in [0.2, 0.25) is 11.8 Å². The summed E-state index contributed by atoms with van der Waals surface area (Å²) in [5.41, 5.74) is -0.987. The summed E-state index contributed by atoms with van der Waals surface area (Å²) >= 11 is 0. The van der Waals surface area contributed by atoms with E-state index in [4.69, 9.17) is 4.74 Å². The van der Waals surface area contributed by atoms with Crippen molar-refractivity contribution in [1.82, 2.24) is 10.2 Å². The molecule has 2 saturated heterocycles. The van der Waals surface area contributed by atoms with E-state index in [1.807, 2.05) is 11.8 Å². The second-order valence-corrected chi connectivity index (χ2v) is 7.68. The molecular weight excluding hydrogens is 308 g/mol. The SMILES string of the molecule is C[C@@H]1OCC[C@@]1(O)CNC(=O)[C@@H]1CC(=O)N(C2CCCCCC2)C1. The van der Waals surface area contributed by atoms with Gasteiger partial charge < -0.3 is 20.1 Å². The van der Waals surface area contributed by atoms with E-state index in [0.29, 0.717) is 32.0 Å². The molecule has 2 amide bonds. The van der Waals surface area contributed by atoms with Crippen LogP contribution in [-0.4, -0.2) is 59.3 Å². The molecule has 2 N–H and O–H groups in total. The topological polar surface area (TPSA) is 78.9 Å². The van der Waals surface area contributed by atoms with Gasteiger partial charge in [-0.2, -0.15) is 0 Å². The lowest BCUT2D eigenvalue weighted by Crippen LogP contribution is -2.49. The summed E-state index contributed by atoms with van der Waals surface area (Å²) in [6.07, 6.45) is 7.54. The van der Waals surface area contributed by atoms with Crippen molar-refractivity contribution < 1.29 is 19.4 Å². The molecule has 0 spiro atoms. The summed E-state index contributed by atoms with van der Waals surface area (Å²) in [5.74, 6) is -0.299. The zero-order valence-electron chi connectivity index (χ0n) is 14.6. The van der Waals surface area contributed by atoms with E-state index in [0.717, 1.165) is 12.8 Å². The zero-order valence-corrected chi connectivity index (χ0v) is 14.6. The number of carbonyl (C=O) groups is 2. The summed E-state index contributed by atoms with van der Waals surface area (Å²) in [6, 6.07) is 0.310. The first-order valence-corrected chi connectivity index (χ1v) is 9.41. The summed E-state index contributed by atoms with van der Waals surface area (Å²) in [7, 11) is 0. The molecule has 3 fully saturated rings. The number of likely N-dealkylation sites (tertiary alicyclic amines) is 1. The average Bonchev–Trinajstić information content (AvgIpc) is 2.97. The van der Waals surface area contributed by atoms with Gasteiger partial charge in [-0.3, -0.25) is 9.59 Å². The van der Waals surface area contributed by atoms with Crippen molar-refractivity contribution in [3.63, 3.8) is 0 Å². The first-order valence-electron chi connectivity index (χ1n) is 9.41. The molecule has 0 aromatic carbocycles. The van der Waals surface area contributed by atoms with Crippen LogP contribution in [0.4, 0.5) is 0 Å². The molecule has 1 saturated carbocycles. The molecular formula is C18H30N2O4. The molecule has 136 valence electrons. The molecule has 3 rings (SSSR count). The van der Waals surface area contributed by atoms with Crippen LogP contribution in [0, 0.1) is 5.92 Å². The van der Waals surface area contributed by atoms with Gasteiger partial charge in [-0.25, -0.2) is 0 Å². The van der Waals surface area contributed by atoms with Gasteiger partial charge in [0.05, 0.1) is 12.0 Å². The Labute approximate surface area is 143 Å². The second-order valence-electron chi connectivity index (χ2n) is 7.68. The van der Waals surface area contributed by atoms with E-state index < -0.39 is 5.60 Å². The molecule has 0 aromatic heterocycles. The maximum atomic E-state index is 12.5. The first-order chi connectivity index (χ1) is 11.5. The van der Waals surface area contributed by atoms with E-state index in [2.05, 4.69) is 5.32 Å². The molecule has 0 aromatic rings. The number of nitrogens with zero attached hydrogens (tertiary/aromatic N) is 1. The van der Waals surface area contributed by atoms with Gasteiger partial charge in [-0.1, -0.05) is 25.7 Å². The number of amides is 2. The monoisotopic (exact) mass is 338 g/mol. The number of hydrogen-bond acceptors (Lipinski definition) is 4. The van der Waals surface area contributed by atoms with Crippen LogP contribution in [0.3, 0.4) is 0 Å². The van der Waals surface area contributed by atoms with Crippen LogP contribution in [0.25, 0.3) is 0 Å². The van der Waals surface area contributed by atoms with Crippen molar-refractivity contribution >= 4 is 11.8 Å². The Morgan fingerprint density at radius 3 is 2.67 bits per heavy atom. The normalized spacial score (nSPS) is 35.2. The predicted octanol–water partition coefficient (Wildman–Crippen LogP) is 1.21. The van der Waals surface area contributed by atoms with Crippen LogP contribution >= 0.6 is 0 Å². The fraction of sp³-hybridized carbons (Fsp3) is 0.889. The van der Waals surface area contributed by atoms with Crippen LogP contribution in [0.5, 0.6) is 0 Å². The maximum Gasteiger partial charge on any atom is 0.225 e. The van der Waals surface area contributed by atoms with Gasteiger partial charge in [0.1, 0.15) is 5.60 Å². The molecule has 0 bridgehead atoms. The van der Waals surface area contributed by atoms with Crippen molar-refractivity contribution in [1.29, 1.82) is 0 Å². The standard InChI is InChI=1S/C18H30N2O4/c1-13-18(23,8-9-24-13)12-19-17(22)14-10-16(21)20(11-14)15-6-4-2-3-5-7-15/h13-15,23H,2-12H2,1H3,(H,19,22)/t13-,14+,18+/m0/s1. The Bertz CT molecular complexity index is 476. The Morgan fingerprint density at radius 2 is 2.04 bits per heavy atom. The molecule has 6 nitrogen and oxygen atoms in total. The van der Waals surface area contributed by atoms with Crippen LogP contribution < -0.4 is 5.32 Å². The lowest BCUT2D eigenvalue weighted by Gasteiger charge is -2.28. The van der Waals surface area contributed by atoms with Gasteiger partial charge in [0.25, 0.3) is 0 Å². The third-order valence-corrected chi connectivity index (χ3v) is 6.02. The van der Waals surface area contributed by atoms with Crippen molar-refractivity contribution in [2.24, 2.45) is 5.92 Å². The molecule has 24 heavy (non-hydrogen) atoms. The van der Waals surface area contributed by atoms with Gasteiger partial charge in [0, 0.05) is 38.6 Å². The minimum absolute atomic E-state index is 0.110. The molecule has 6 heteroatoms. The fourth-order valence-corrected chi connectivity index (χ4v) is 4.22. The molecule has 0 unspecified atom stereocenters. The predicted molar refractivity (Wildman–Crippen MR) is 89.3 cm³/mol. The zero-order chi connectivity index (χ0) is 17.2. The Hall–Kier alpha value is -1.14. The summed E-state index contributed by atoms with van der Waals surface area (Å²) in [5, 5.41) is 13.3. The molecule has 2 aliphatic heterocycles. The van der Waals surface area contributed by atoms with Gasteiger partial charge >= 0.3 is 0 Å². The highest BCUT2D eigenvalue weighted by molar-refractivity contribution is 5.89.